The zero-order chi connectivity index (χ0) is 18.4. The Hall–Kier alpha value is -2.25. The summed E-state index contributed by atoms with van der Waals surface area (Å²) >= 11 is 6.01. The number of hydrogen-bond acceptors (Lipinski definition) is 5. The number of hydrogen-bond donors (Lipinski definition) is 2. The summed E-state index contributed by atoms with van der Waals surface area (Å²) in [6.45, 7) is 1.63. The summed E-state index contributed by atoms with van der Waals surface area (Å²) in [5.41, 5.74) is 1.21. The van der Waals surface area contributed by atoms with Crippen molar-refractivity contribution in [1.82, 2.24) is 0 Å². The molecule has 2 rings (SSSR count). The van der Waals surface area contributed by atoms with Gasteiger partial charge in [0.2, 0.25) is 5.91 Å². The van der Waals surface area contributed by atoms with E-state index in [1.54, 1.807) is 37.3 Å². The highest BCUT2D eigenvalue weighted by Gasteiger charge is 2.11. The second kappa shape index (κ2) is 8.22. The maximum Gasteiger partial charge on any atom is 0.243 e. The molecule has 0 atom stereocenters. The molecule has 0 aliphatic rings. The highest BCUT2D eigenvalue weighted by molar-refractivity contribution is 7.91. The van der Waals surface area contributed by atoms with Crippen LogP contribution in [0.25, 0.3) is 0 Å². The lowest BCUT2D eigenvalue weighted by molar-refractivity contribution is -0.114. The van der Waals surface area contributed by atoms with Gasteiger partial charge in [-0.2, -0.15) is 0 Å². The Morgan fingerprint density at radius 3 is 2.32 bits per heavy atom. The molecular formula is C17H19ClN2O4S. The fraction of sp³-hybridized carbons (Fsp3) is 0.235. The highest BCUT2D eigenvalue weighted by Crippen LogP contribution is 2.27. The maximum absolute atomic E-state index is 12.0. The van der Waals surface area contributed by atoms with Gasteiger partial charge in [-0.15, -0.1) is 0 Å². The predicted octanol–water partition coefficient (Wildman–Crippen LogP) is 3.19. The molecular weight excluding hydrogens is 364 g/mol. The first-order valence-corrected chi connectivity index (χ1v) is 9.59. The van der Waals surface area contributed by atoms with Crippen molar-refractivity contribution < 1.29 is 17.9 Å². The van der Waals surface area contributed by atoms with E-state index in [-0.39, 0.29) is 23.1 Å². The van der Waals surface area contributed by atoms with Crippen molar-refractivity contribution >= 4 is 38.7 Å². The van der Waals surface area contributed by atoms with E-state index >= 15 is 0 Å². The van der Waals surface area contributed by atoms with Crippen molar-refractivity contribution in [2.75, 3.05) is 30.0 Å². The number of anilines is 2. The number of rotatable bonds is 7. The fourth-order valence-electron chi connectivity index (χ4n) is 2.08. The Labute approximate surface area is 152 Å². The molecule has 0 saturated carbocycles. The summed E-state index contributed by atoms with van der Waals surface area (Å²) in [6.07, 6.45) is 0. The molecule has 0 aliphatic carbocycles. The lowest BCUT2D eigenvalue weighted by Gasteiger charge is -2.10. The lowest BCUT2D eigenvalue weighted by atomic mass is 10.3. The van der Waals surface area contributed by atoms with E-state index in [9.17, 15) is 13.2 Å². The van der Waals surface area contributed by atoms with E-state index in [1.165, 1.54) is 19.2 Å². The van der Waals surface area contributed by atoms with Gasteiger partial charge in [0.1, 0.15) is 5.75 Å². The molecule has 8 heteroatoms. The summed E-state index contributed by atoms with van der Waals surface area (Å²) in [5.74, 6) is 0.318. The molecule has 2 aromatic carbocycles. The predicted molar refractivity (Wildman–Crippen MR) is 99.3 cm³/mol. The van der Waals surface area contributed by atoms with E-state index < -0.39 is 9.84 Å². The number of benzene rings is 2. The standard InChI is InChI=1S/C17H19ClN2O4S/c1-3-25(22,23)14-7-4-12(5-8-14)19-11-17(21)20-13-6-9-16(24-2)15(18)10-13/h4-10,19H,3,11H2,1-2H3,(H,20,21). The summed E-state index contributed by atoms with van der Waals surface area (Å²) in [6, 6.07) is 11.2. The smallest absolute Gasteiger partial charge is 0.243 e. The number of nitrogens with one attached hydrogen (secondary N) is 2. The Bertz CT molecular complexity index is 851. The molecule has 1 amide bonds. The van der Waals surface area contributed by atoms with Crippen LogP contribution >= 0.6 is 11.6 Å². The van der Waals surface area contributed by atoms with Crippen molar-refractivity contribution in [3.63, 3.8) is 0 Å². The fourth-order valence-corrected chi connectivity index (χ4v) is 3.22. The van der Waals surface area contributed by atoms with Gasteiger partial charge in [-0.3, -0.25) is 4.79 Å². The molecule has 6 nitrogen and oxygen atoms in total. The molecule has 25 heavy (non-hydrogen) atoms. The quantitative estimate of drug-likeness (QED) is 0.768. The number of methoxy groups -OCH3 is 1. The number of amides is 1. The SMILES string of the molecule is CCS(=O)(=O)c1ccc(NCC(=O)Nc2ccc(OC)c(Cl)c2)cc1. The van der Waals surface area contributed by atoms with Gasteiger partial charge in [0.15, 0.2) is 9.84 Å². The molecule has 0 spiro atoms. The highest BCUT2D eigenvalue weighted by atomic mass is 35.5. The van der Waals surface area contributed by atoms with Crippen LogP contribution in [0.1, 0.15) is 6.92 Å². The summed E-state index contributed by atoms with van der Waals surface area (Å²) in [4.78, 5) is 12.2. The van der Waals surface area contributed by atoms with Gasteiger partial charge in [0, 0.05) is 11.4 Å². The van der Waals surface area contributed by atoms with Gasteiger partial charge >= 0.3 is 0 Å². The van der Waals surface area contributed by atoms with Crippen LogP contribution in [0.2, 0.25) is 5.02 Å². The van der Waals surface area contributed by atoms with Crippen LogP contribution in [-0.2, 0) is 14.6 Å². The molecule has 0 fully saturated rings. The minimum atomic E-state index is -3.23. The minimum absolute atomic E-state index is 0.0313. The molecule has 0 heterocycles. The second-order valence-corrected chi connectivity index (χ2v) is 7.86. The van der Waals surface area contributed by atoms with Crippen LogP contribution in [-0.4, -0.2) is 33.7 Å². The van der Waals surface area contributed by atoms with Crippen LogP contribution in [0.5, 0.6) is 5.75 Å². The third-order valence-corrected chi connectivity index (χ3v) is 5.53. The molecule has 0 bridgehead atoms. The number of halogens is 1. The van der Waals surface area contributed by atoms with Crippen LogP contribution in [0, 0.1) is 0 Å². The minimum Gasteiger partial charge on any atom is -0.495 e. The molecule has 0 aromatic heterocycles. The normalized spacial score (nSPS) is 11.0. The molecule has 2 aromatic rings. The van der Waals surface area contributed by atoms with Gasteiger partial charge in [-0.25, -0.2) is 8.42 Å². The van der Waals surface area contributed by atoms with Crippen molar-refractivity contribution in [3.8, 4) is 5.75 Å². The molecule has 2 N–H and O–H groups in total. The van der Waals surface area contributed by atoms with E-state index in [1.807, 2.05) is 0 Å². The molecule has 0 aliphatic heterocycles. The van der Waals surface area contributed by atoms with Gasteiger partial charge in [0.25, 0.3) is 0 Å². The zero-order valence-corrected chi connectivity index (χ0v) is 15.4. The summed E-state index contributed by atoms with van der Waals surface area (Å²) in [7, 11) is -1.71. The summed E-state index contributed by atoms with van der Waals surface area (Å²) < 4.78 is 28.6. The number of sulfone groups is 1. The topological polar surface area (TPSA) is 84.5 Å². The third kappa shape index (κ3) is 5.11. The lowest BCUT2D eigenvalue weighted by Crippen LogP contribution is -2.21. The average molecular weight is 383 g/mol. The van der Waals surface area contributed by atoms with Crippen molar-refractivity contribution in [2.24, 2.45) is 0 Å². The van der Waals surface area contributed by atoms with Gasteiger partial charge < -0.3 is 15.4 Å². The van der Waals surface area contributed by atoms with Gasteiger partial charge in [-0.05, 0) is 42.5 Å². The molecule has 0 radical (unpaired) electrons. The number of carbonyl (C=O) groups is 1. The van der Waals surface area contributed by atoms with E-state index in [0.717, 1.165) is 0 Å². The van der Waals surface area contributed by atoms with Gasteiger partial charge in [0.05, 0.1) is 29.3 Å². The maximum atomic E-state index is 12.0. The van der Waals surface area contributed by atoms with E-state index in [2.05, 4.69) is 10.6 Å². The third-order valence-electron chi connectivity index (χ3n) is 3.48. The average Bonchev–Trinajstić information content (AvgIpc) is 2.60. The largest absolute Gasteiger partial charge is 0.495 e. The van der Waals surface area contributed by atoms with Crippen molar-refractivity contribution in [3.05, 3.63) is 47.5 Å². The summed E-state index contributed by atoms with van der Waals surface area (Å²) in [5, 5.41) is 6.05. The first-order chi connectivity index (χ1) is 11.9. The molecule has 0 saturated heterocycles. The van der Waals surface area contributed by atoms with Crippen LogP contribution in [0.15, 0.2) is 47.4 Å². The molecule has 0 unspecified atom stereocenters. The number of ether oxygens (including phenoxy) is 1. The van der Waals surface area contributed by atoms with Crippen LogP contribution in [0.4, 0.5) is 11.4 Å². The number of carbonyl (C=O) groups excluding carboxylic acids is 1. The van der Waals surface area contributed by atoms with E-state index in [0.29, 0.717) is 22.1 Å². The first kappa shape index (κ1) is 19.1. The zero-order valence-electron chi connectivity index (χ0n) is 13.9. The Morgan fingerprint density at radius 1 is 1.12 bits per heavy atom. The van der Waals surface area contributed by atoms with E-state index in [4.69, 9.17) is 16.3 Å². The van der Waals surface area contributed by atoms with Crippen LogP contribution < -0.4 is 15.4 Å². The first-order valence-electron chi connectivity index (χ1n) is 7.56. The second-order valence-electron chi connectivity index (χ2n) is 5.18. The molecule has 134 valence electrons. The van der Waals surface area contributed by atoms with Crippen molar-refractivity contribution in [2.45, 2.75) is 11.8 Å². The van der Waals surface area contributed by atoms with Crippen molar-refractivity contribution in [1.29, 1.82) is 0 Å². The Morgan fingerprint density at radius 2 is 1.76 bits per heavy atom. The van der Waals surface area contributed by atoms with Crippen LogP contribution in [0.3, 0.4) is 0 Å². The Kier molecular flexibility index (Phi) is 6.27. The van der Waals surface area contributed by atoms with Gasteiger partial charge in [-0.1, -0.05) is 18.5 Å². The monoisotopic (exact) mass is 382 g/mol. The Balaban J connectivity index is 1.93.